The Hall–Kier alpha value is -3.34. The van der Waals surface area contributed by atoms with E-state index in [1.54, 1.807) is 0 Å². The quantitative estimate of drug-likeness (QED) is 0.765. The summed E-state index contributed by atoms with van der Waals surface area (Å²) in [5.74, 6) is -0.579. The minimum Gasteiger partial charge on any atom is -0.509 e. The molecule has 5 heteroatoms. The van der Waals surface area contributed by atoms with Gasteiger partial charge in [0.2, 0.25) is 5.91 Å². The van der Waals surface area contributed by atoms with Crippen LogP contribution in [-0.2, 0) is 22.4 Å². The lowest BCUT2D eigenvalue weighted by Gasteiger charge is -2.16. The maximum absolute atomic E-state index is 12.6. The summed E-state index contributed by atoms with van der Waals surface area (Å²) in [4.78, 5) is 24.5. The second kappa shape index (κ2) is 7.11. The van der Waals surface area contributed by atoms with Gasteiger partial charge >= 0.3 is 0 Å². The number of carbonyl (C=O) groups is 2. The highest BCUT2D eigenvalue weighted by Gasteiger charge is 2.38. The molecule has 0 saturated heterocycles. The van der Waals surface area contributed by atoms with Crippen molar-refractivity contribution < 1.29 is 14.7 Å². The number of benzene rings is 2. The third kappa shape index (κ3) is 3.49. The molecule has 5 nitrogen and oxygen atoms in total. The highest BCUT2D eigenvalue weighted by atomic mass is 16.3. The molecule has 2 aliphatic rings. The van der Waals surface area contributed by atoms with Gasteiger partial charge in [-0.3, -0.25) is 9.59 Å². The van der Waals surface area contributed by atoms with Crippen molar-refractivity contribution in [1.82, 2.24) is 10.6 Å². The first-order valence-corrected chi connectivity index (χ1v) is 8.96. The van der Waals surface area contributed by atoms with Crippen LogP contribution in [0.25, 0.3) is 0 Å². The molecule has 27 heavy (non-hydrogen) atoms. The SMILES string of the molecule is O=C1C=C(C2=C(O)[C@@H](Cc3ccccc3)NC2=O)[C@H](Cc2ccccc2)N1. The second-order valence-electron chi connectivity index (χ2n) is 6.83. The average molecular weight is 360 g/mol. The molecule has 2 heterocycles. The molecule has 2 atom stereocenters. The highest BCUT2D eigenvalue weighted by Crippen LogP contribution is 2.29. The molecule has 0 saturated carbocycles. The second-order valence-corrected chi connectivity index (χ2v) is 6.83. The van der Waals surface area contributed by atoms with Crippen molar-refractivity contribution in [3.05, 3.63) is 94.8 Å². The number of nitrogens with one attached hydrogen (secondary N) is 2. The van der Waals surface area contributed by atoms with E-state index in [4.69, 9.17) is 0 Å². The maximum Gasteiger partial charge on any atom is 0.255 e. The standard InChI is InChI=1S/C22H20N2O3/c25-19-13-16(17(23-19)11-14-7-3-1-4-8-14)20-21(26)18(24-22(20)27)12-15-9-5-2-6-10-15/h1-10,13,17-18,26H,11-12H2,(H,23,25)(H,24,27)/t17-,18+/m0/s1. The van der Waals surface area contributed by atoms with Gasteiger partial charge in [0.15, 0.2) is 0 Å². The van der Waals surface area contributed by atoms with Gasteiger partial charge in [-0.15, -0.1) is 0 Å². The number of hydrogen-bond acceptors (Lipinski definition) is 3. The predicted octanol–water partition coefficient (Wildman–Crippen LogP) is 2.21. The van der Waals surface area contributed by atoms with Crippen molar-refractivity contribution in [2.75, 3.05) is 0 Å². The van der Waals surface area contributed by atoms with Gasteiger partial charge < -0.3 is 15.7 Å². The Kier molecular flexibility index (Phi) is 4.50. The molecule has 0 aliphatic carbocycles. The molecule has 2 aromatic rings. The molecule has 0 unspecified atom stereocenters. The normalized spacial score (nSPS) is 21.9. The fourth-order valence-corrected chi connectivity index (χ4v) is 3.66. The number of carbonyl (C=O) groups excluding carboxylic acids is 2. The Bertz CT molecular complexity index is 933. The van der Waals surface area contributed by atoms with Crippen LogP contribution in [0.5, 0.6) is 0 Å². The van der Waals surface area contributed by atoms with Gasteiger partial charge in [0.25, 0.3) is 5.91 Å². The predicted molar refractivity (Wildman–Crippen MR) is 102 cm³/mol. The van der Waals surface area contributed by atoms with E-state index >= 15 is 0 Å². The molecule has 2 amide bonds. The summed E-state index contributed by atoms with van der Waals surface area (Å²) in [6, 6.07) is 18.6. The Morgan fingerprint density at radius 1 is 0.778 bits per heavy atom. The van der Waals surface area contributed by atoms with Crippen LogP contribution in [0.1, 0.15) is 11.1 Å². The van der Waals surface area contributed by atoms with Crippen LogP contribution in [0.15, 0.2) is 83.6 Å². The molecular weight excluding hydrogens is 340 g/mol. The summed E-state index contributed by atoms with van der Waals surface area (Å²) >= 11 is 0. The van der Waals surface area contributed by atoms with Crippen molar-refractivity contribution in [2.24, 2.45) is 0 Å². The fraction of sp³-hybridized carbons (Fsp3) is 0.182. The summed E-state index contributed by atoms with van der Waals surface area (Å²) in [6.07, 6.45) is 2.48. The molecule has 4 rings (SSSR count). The number of amides is 2. The van der Waals surface area contributed by atoms with Gasteiger partial charge in [0, 0.05) is 6.08 Å². The molecule has 2 aliphatic heterocycles. The van der Waals surface area contributed by atoms with E-state index in [0.717, 1.165) is 11.1 Å². The maximum atomic E-state index is 12.6. The molecule has 0 bridgehead atoms. The molecular formula is C22H20N2O3. The summed E-state index contributed by atoms with van der Waals surface area (Å²) in [5.41, 5.74) is 2.84. The van der Waals surface area contributed by atoms with Gasteiger partial charge in [-0.2, -0.15) is 0 Å². The zero-order valence-electron chi connectivity index (χ0n) is 14.7. The molecule has 0 radical (unpaired) electrons. The zero-order chi connectivity index (χ0) is 18.8. The Morgan fingerprint density at radius 3 is 1.93 bits per heavy atom. The summed E-state index contributed by atoms with van der Waals surface area (Å²) in [6.45, 7) is 0. The lowest BCUT2D eigenvalue weighted by molar-refractivity contribution is -0.117. The highest BCUT2D eigenvalue weighted by molar-refractivity contribution is 6.05. The van der Waals surface area contributed by atoms with E-state index in [2.05, 4.69) is 10.6 Å². The van der Waals surface area contributed by atoms with Crippen LogP contribution in [0.3, 0.4) is 0 Å². The molecule has 3 N–H and O–H groups in total. The van der Waals surface area contributed by atoms with Crippen LogP contribution in [0.4, 0.5) is 0 Å². The van der Waals surface area contributed by atoms with Crippen molar-refractivity contribution in [1.29, 1.82) is 0 Å². The minimum atomic E-state index is -0.483. The Morgan fingerprint density at radius 2 is 1.33 bits per heavy atom. The molecule has 0 aromatic heterocycles. The van der Waals surface area contributed by atoms with E-state index in [-0.39, 0.29) is 29.2 Å². The van der Waals surface area contributed by atoms with Crippen LogP contribution >= 0.6 is 0 Å². The third-order valence-electron chi connectivity index (χ3n) is 4.95. The number of hydrogen-bond donors (Lipinski definition) is 3. The topological polar surface area (TPSA) is 78.4 Å². The summed E-state index contributed by atoms with van der Waals surface area (Å²) in [5, 5.41) is 16.4. The first-order chi connectivity index (χ1) is 13.1. The smallest absolute Gasteiger partial charge is 0.255 e. The van der Waals surface area contributed by atoms with Gasteiger partial charge in [-0.05, 0) is 29.5 Å². The van der Waals surface area contributed by atoms with Crippen LogP contribution in [0.2, 0.25) is 0 Å². The van der Waals surface area contributed by atoms with Crippen LogP contribution < -0.4 is 10.6 Å². The number of aliphatic hydroxyl groups is 1. The molecule has 0 spiro atoms. The van der Waals surface area contributed by atoms with Gasteiger partial charge in [0.05, 0.1) is 17.7 Å². The average Bonchev–Trinajstić information content (AvgIpc) is 3.15. The minimum absolute atomic E-state index is 0.00432. The van der Waals surface area contributed by atoms with E-state index in [1.165, 1.54) is 6.08 Å². The van der Waals surface area contributed by atoms with Crippen molar-refractivity contribution in [3.8, 4) is 0 Å². The van der Waals surface area contributed by atoms with Crippen LogP contribution in [-0.4, -0.2) is 29.0 Å². The lowest BCUT2D eigenvalue weighted by Crippen LogP contribution is -2.33. The Labute approximate surface area is 157 Å². The zero-order valence-corrected chi connectivity index (χ0v) is 14.7. The first kappa shape index (κ1) is 17.1. The fourth-order valence-electron chi connectivity index (χ4n) is 3.66. The van der Waals surface area contributed by atoms with Crippen LogP contribution in [0, 0.1) is 0 Å². The summed E-state index contributed by atoms with van der Waals surface area (Å²) in [7, 11) is 0. The van der Waals surface area contributed by atoms with Gasteiger partial charge in [0.1, 0.15) is 5.76 Å². The van der Waals surface area contributed by atoms with Crippen molar-refractivity contribution >= 4 is 11.8 Å². The third-order valence-corrected chi connectivity index (χ3v) is 4.95. The largest absolute Gasteiger partial charge is 0.509 e. The van der Waals surface area contributed by atoms with Gasteiger partial charge in [-0.25, -0.2) is 0 Å². The number of aliphatic hydroxyl groups excluding tert-OH is 1. The first-order valence-electron chi connectivity index (χ1n) is 8.96. The van der Waals surface area contributed by atoms with E-state index < -0.39 is 6.04 Å². The van der Waals surface area contributed by atoms with Gasteiger partial charge in [-0.1, -0.05) is 60.7 Å². The summed E-state index contributed by atoms with van der Waals surface area (Å²) < 4.78 is 0. The molecule has 0 fully saturated rings. The van der Waals surface area contributed by atoms with E-state index in [9.17, 15) is 14.7 Å². The molecule has 136 valence electrons. The van der Waals surface area contributed by atoms with E-state index in [1.807, 2.05) is 60.7 Å². The van der Waals surface area contributed by atoms with Crippen molar-refractivity contribution in [2.45, 2.75) is 24.9 Å². The van der Waals surface area contributed by atoms with Crippen molar-refractivity contribution in [3.63, 3.8) is 0 Å². The number of rotatable bonds is 5. The lowest BCUT2D eigenvalue weighted by atomic mass is 9.93. The Balaban J connectivity index is 1.60. The monoisotopic (exact) mass is 360 g/mol. The van der Waals surface area contributed by atoms with E-state index in [0.29, 0.717) is 18.4 Å². The molecule has 2 aromatic carbocycles.